The lowest BCUT2D eigenvalue weighted by Crippen LogP contribution is -2.26. The molecule has 0 aliphatic heterocycles. The molecule has 0 saturated heterocycles. The Morgan fingerprint density at radius 3 is 2.20 bits per heavy atom. The van der Waals surface area contributed by atoms with Gasteiger partial charge in [-0.1, -0.05) is 41.9 Å². The molecule has 2 aromatic rings. The van der Waals surface area contributed by atoms with Crippen LogP contribution in [0.3, 0.4) is 0 Å². The van der Waals surface area contributed by atoms with Crippen molar-refractivity contribution >= 4 is 27.8 Å². The fourth-order valence-corrected chi connectivity index (χ4v) is 3.38. The molecule has 0 saturated carbocycles. The second kappa shape index (κ2) is 11.2. The van der Waals surface area contributed by atoms with Crippen molar-refractivity contribution in [3.8, 4) is 5.75 Å². The van der Waals surface area contributed by atoms with E-state index in [0.29, 0.717) is 11.5 Å². The molecule has 162 valence electrons. The minimum absolute atomic E-state index is 0.110. The molecule has 0 radical (unpaired) electrons. The second-order valence-corrected chi connectivity index (χ2v) is 8.60. The summed E-state index contributed by atoms with van der Waals surface area (Å²) in [5.74, 6) is 0.723. The lowest BCUT2D eigenvalue weighted by molar-refractivity contribution is -0.140. The Balaban J connectivity index is 2.12. The zero-order valence-electron chi connectivity index (χ0n) is 18.3. The summed E-state index contributed by atoms with van der Waals surface area (Å²) < 4.78 is 12.0. The quantitative estimate of drug-likeness (QED) is 0.484. The molecule has 0 aliphatic rings. The van der Waals surface area contributed by atoms with Crippen LogP contribution < -0.4 is 10.1 Å². The van der Waals surface area contributed by atoms with E-state index in [1.165, 1.54) is 7.11 Å². The van der Waals surface area contributed by atoms with Crippen LogP contribution in [0.2, 0.25) is 0 Å². The Hall–Kier alpha value is -2.34. The number of esters is 1. The van der Waals surface area contributed by atoms with Crippen molar-refractivity contribution in [1.29, 1.82) is 0 Å². The summed E-state index contributed by atoms with van der Waals surface area (Å²) in [6, 6.07) is 11.5. The minimum Gasteiger partial charge on any atom is -0.486 e. The zero-order valence-corrected chi connectivity index (χ0v) is 19.8. The average Bonchev–Trinajstić information content (AvgIpc) is 2.71. The summed E-state index contributed by atoms with van der Waals surface area (Å²) in [6.07, 6.45) is 0.900. The van der Waals surface area contributed by atoms with E-state index >= 15 is 0 Å². The first-order chi connectivity index (χ1) is 14.2. The summed E-state index contributed by atoms with van der Waals surface area (Å²) in [6.45, 7) is 8.67. The maximum absolute atomic E-state index is 12.3. The maximum Gasteiger partial charge on any atom is 0.307 e. The van der Waals surface area contributed by atoms with Crippen LogP contribution in [0, 0.1) is 19.8 Å². The maximum atomic E-state index is 12.3. The Morgan fingerprint density at radius 1 is 1.07 bits per heavy atom. The predicted molar refractivity (Wildman–Crippen MR) is 122 cm³/mol. The van der Waals surface area contributed by atoms with Gasteiger partial charge in [-0.05, 0) is 67.1 Å². The smallest absolute Gasteiger partial charge is 0.307 e. The molecule has 2 rings (SSSR count). The molecular weight excluding hydrogens is 446 g/mol. The van der Waals surface area contributed by atoms with E-state index in [4.69, 9.17) is 4.74 Å². The van der Waals surface area contributed by atoms with E-state index in [1.807, 2.05) is 24.3 Å². The van der Waals surface area contributed by atoms with E-state index in [9.17, 15) is 9.59 Å². The number of hydrogen-bond donors (Lipinski definition) is 1. The van der Waals surface area contributed by atoms with E-state index in [-0.39, 0.29) is 30.9 Å². The van der Waals surface area contributed by atoms with Crippen LogP contribution in [-0.4, -0.2) is 25.5 Å². The highest BCUT2D eigenvalue weighted by Crippen LogP contribution is 2.32. The van der Waals surface area contributed by atoms with Gasteiger partial charge in [-0.2, -0.15) is 0 Å². The van der Waals surface area contributed by atoms with Crippen LogP contribution in [0.15, 0.2) is 40.9 Å². The monoisotopic (exact) mass is 475 g/mol. The first-order valence-electron chi connectivity index (χ1n) is 10.1. The van der Waals surface area contributed by atoms with Gasteiger partial charge in [0.15, 0.2) is 0 Å². The number of methoxy groups -OCH3 is 1. The topological polar surface area (TPSA) is 64.6 Å². The molecule has 5 nitrogen and oxygen atoms in total. The molecule has 0 aromatic heterocycles. The van der Waals surface area contributed by atoms with Crippen LogP contribution in [0.1, 0.15) is 59.8 Å². The summed E-state index contributed by atoms with van der Waals surface area (Å²) >= 11 is 3.60. The van der Waals surface area contributed by atoms with E-state index < -0.39 is 0 Å². The minimum atomic E-state index is -0.349. The van der Waals surface area contributed by atoms with Crippen LogP contribution in [0.4, 0.5) is 0 Å². The summed E-state index contributed by atoms with van der Waals surface area (Å²) in [5, 5.41) is 2.73. The van der Waals surface area contributed by atoms with Crippen LogP contribution in [0.5, 0.6) is 5.75 Å². The summed E-state index contributed by atoms with van der Waals surface area (Å²) in [5.41, 5.74) is 3.83. The van der Waals surface area contributed by atoms with Gasteiger partial charge in [-0.3, -0.25) is 9.59 Å². The standard InChI is InChI=1S/C24H30BrNO4/c1-15(2)12-21(30-20-13-16(3)23(25)17(4)14-20)18-6-8-19(9-7-18)24(28)26-11-10-22(27)29-5/h6-9,13-15,21H,10-12H2,1-5H3,(H,26,28). The van der Waals surface area contributed by atoms with Gasteiger partial charge in [-0.15, -0.1) is 0 Å². The van der Waals surface area contributed by atoms with Gasteiger partial charge < -0.3 is 14.8 Å². The Bertz CT molecular complexity index is 854. The van der Waals surface area contributed by atoms with Crippen LogP contribution in [0.25, 0.3) is 0 Å². The number of hydrogen-bond acceptors (Lipinski definition) is 4. The van der Waals surface area contributed by atoms with Crippen molar-refractivity contribution in [2.24, 2.45) is 5.92 Å². The van der Waals surface area contributed by atoms with Crippen molar-refractivity contribution in [1.82, 2.24) is 5.32 Å². The second-order valence-electron chi connectivity index (χ2n) is 7.81. The Morgan fingerprint density at radius 2 is 1.67 bits per heavy atom. The van der Waals surface area contributed by atoms with Gasteiger partial charge >= 0.3 is 5.97 Å². The third-order valence-electron chi connectivity index (χ3n) is 4.76. The molecule has 1 unspecified atom stereocenters. The highest BCUT2D eigenvalue weighted by molar-refractivity contribution is 9.10. The molecule has 0 heterocycles. The molecule has 0 bridgehead atoms. The van der Waals surface area contributed by atoms with E-state index in [1.54, 1.807) is 12.1 Å². The normalized spacial score (nSPS) is 11.8. The number of amides is 1. The summed E-state index contributed by atoms with van der Waals surface area (Å²) in [4.78, 5) is 23.4. The molecule has 0 aliphatic carbocycles. The molecule has 1 amide bonds. The van der Waals surface area contributed by atoms with Crippen molar-refractivity contribution in [2.75, 3.05) is 13.7 Å². The van der Waals surface area contributed by atoms with Gasteiger partial charge in [0.2, 0.25) is 0 Å². The van der Waals surface area contributed by atoms with E-state index in [2.05, 4.69) is 53.7 Å². The van der Waals surface area contributed by atoms with Crippen LogP contribution >= 0.6 is 15.9 Å². The molecule has 1 N–H and O–H groups in total. The fourth-order valence-electron chi connectivity index (χ4n) is 3.15. The first-order valence-corrected chi connectivity index (χ1v) is 10.9. The lowest BCUT2D eigenvalue weighted by Gasteiger charge is -2.22. The number of ether oxygens (including phenoxy) is 2. The number of benzene rings is 2. The number of nitrogens with one attached hydrogen (secondary N) is 1. The Kier molecular flexibility index (Phi) is 8.90. The lowest BCUT2D eigenvalue weighted by atomic mass is 9.98. The number of rotatable bonds is 9. The SMILES string of the molecule is COC(=O)CCNC(=O)c1ccc(C(CC(C)C)Oc2cc(C)c(Br)c(C)c2)cc1. The van der Waals surface area contributed by atoms with Crippen molar-refractivity contribution in [2.45, 2.75) is 46.6 Å². The van der Waals surface area contributed by atoms with E-state index in [0.717, 1.165) is 33.3 Å². The van der Waals surface area contributed by atoms with Crippen molar-refractivity contribution in [3.05, 3.63) is 63.1 Å². The highest BCUT2D eigenvalue weighted by atomic mass is 79.9. The zero-order chi connectivity index (χ0) is 22.3. The largest absolute Gasteiger partial charge is 0.486 e. The van der Waals surface area contributed by atoms with Crippen molar-refractivity contribution in [3.63, 3.8) is 0 Å². The molecule has 0 fully saturated rings. The molecule has 1 atom stereocenters. The van der Waals surface area contributed by atoms with Gasteiger partial charge in [0.25, 0.3) is 5.91 Å². The highest BCUT2D eigenvalue weighted by Gasteiger charge is 2.17. The third kappa shape index (κ3) is 6.87. The Labute approximate surface area is 187 Å². The average molecular weight is 476 g/mol. The third-order valence-corrected chi connectivity index (χ3v) is 6.01. The first kappa shape index (κ1) is 23.9. The van der Waals surface area contributed by atoms with Crippen molar-refractivity contribution < 1.29 is 19.1 Å². The predicted octanol–water partition coefficient (Wildman–Crippen LogP) is 5.53. The number of aryl methyl sites for hydroxylation is 2. The molecule has 6 heteroatoms. The van der Waals surface area contributed by atoms with Crippen LogP contribution in [-0.2, 0) is 9.53 Å². The summed E-state index contributed by atoms with van der Waals surface area (Å²) in [7, 11) is 1.33. The number of carbonyl (C=O) groups is 2. The molecular formula is C24H30BrNO4. The molecule has 2 aromatic carbocycles. The molecule has 0 spiro atoms. The van der Waals surface area contributed by atoms with Gasteiger partial charge in [0, 0.05) is 16.6 Å². The fraction of sp³-hybridized carbons (Fsp3) is 0.417. The van der Waals surface area contributed by atoms with Gasteiger partial charge in [0.05, 0.1) is 13.5 Å². The van der Waals surface area contributed by atoms with Gasteiger partial charge in [0.1, 0.15) is 11.9 Å². The molecule has 30 heavy (non-hydrogen) atoms. The number of carbonyl (C=O) groups excluding carboxylic acids is 2. The number of halogens is 1. The van der Waals surface area contributed by atoms with Gasteiger partial charge in [-0.25, -0.2) is 0 Å².